The monoisotopic (exact) mass is 208 g/mol. The normalized spacial score (nSPS) is 10.8. The molecule has 0 heterocycles. The molecular weight excluding hydrogens is 192 g/mol. The molecule has 82 valence electrons. The van der Waals surface area contributed by atoms with Gasteiger partial charge in [0.05, 0.1) is 25.2 Å². The summed E-state index contributed by atoms with van der Waals surface area (Å²) in [5, 5.41) is 15.0. The van der Waals surface area contributed by atoms with Crippen LogP contribution < -0.4 is 5.90 Å². The van der Waals surface area contributed by atoms with Crippen LogP contribution in [0, 0.1) is 17.2 Å². The first-order chi connectivity index (χ1) is 7.33. The van der Waals surface area contributed by atoms with Crippen LogP contribution in [0.1, 0.15) is 12.5 Å². The van der Waals surface area contributed by atoms with Crippen molar-refractivity contribution in [3.05, 3.63) is 35.9 Å². The summed E-state index contributed by atoms with van der Waals surface area (Å²) in [5.74, 6) is 3.48. The number of benzene rings is 1. The number of nitrogens with zero attached hydrogens (tertiary/aromatic N) is 1. The molecule has 1 aromatic rings. The molecule has 1 aromatic carbocycles. The van der Waals surface area contributed by atoms with Crippen molar-refractivity contribution in [2.45, 2.75) is 13.5 Å². The fraction of sp³-hybridized carbons (Fsp3) is 0.364. The molecule has 0 saturated heterocycles. The molecule has 15 heavy (non-hydrogen) atoms. The van der Waals surface area contributed by atoms with Crippen LogP contribution in [0.5, 0.6) is 0 Å². The first-order valence-corrected chi connectivity index (χ1v) is 4.60. The van der Waals surface area contributed by atoms with E-state index in [1.54, 1.807) is 0 Å². The van der Waals surface area contributed by atoms with Gasteiger partial charge in [-0.15, -0.1) is 0 Å². The number of nitriles is 1. The zero-order chi connectivity index (χ0) is 11.5. The molecule has 4 heteroatoms. The maximum Gasteiger partial charge on any atom is 0.0717 e. The highest BCUT2D eigenvalue weighted by atomic mass is 16.5. The molecule has 0 spiro atoms. The molecule has 4 nitrogen and oxygen atoms in total. The predicted molar refractivity (Wildman–Crippen MR) is 56.8 cm³/mol. The van der Waals surface area contributed by atoms with Gasteiger partial charge in [0.2, 0.25) is 0 Å². The molecule has 0 aliphatic heterocycles. The van der Waals surface area contributed by atoms with Crippen molar-refractivity contribution >= 4 is 0 Å². The third kappa shape index (κ3) is 6.63. The maximum absolute atomic E-state index is 8.50. The van der Waals surface area contributed by atoms with E-state index >= 15 is 0 Å². The highest BCUT2D eigenvalue weighted by molar-refractivity contribution is 5.13. The van der Waals surface area contributed by atoms with E-state index in [4.69, 9.17) is 15.2 Å². The van der Waals surface area contributed by atoms with Crippen LogP contribution in [0.4, 0.5) is 0 Å². The van der Waals surface area contributed by atoms with Crippen molar-refractivity contribution in [1.82, 2.24) is 0 Å². The van der Waals surface area contributed by atoms with Gasteiger partial charge in [0, 0.05) is 0 Å². The number of rotatable bonds is 4. The summed E-state index contributed by atoms with van der Waals surface area (Å²) in [6, 6.07) is 12.1. The van der Waals surface area contributed by atoms with Crippen LogP contribution in [-0.4, -0.2) is 11.8 Å². The van der Waals surface area contributed by atoms with Crippen molar-refractivity contribution in [3.63, 3.8) is 0 Å². The molecule has 1 rings (SSSR count). The number of hydrogen-bond acceptors (Lipinski definition) is 4. The van der Waals surface area contributed by atoms with E-state index in [2.05, 4.69) is 12.0 Å². The molecule has 1 atom stereocenters. The molecule has 0 bridgehead atoms. The van der Waals surface area contributed by atoms with Crippen molar-refractivity contribution in [2.75, 3.05) is 6.61 Å². The largest absolute Gasteiger partial charge is 0.375 e. The lowest BCUT2D eigenvalue weighted by Crippen LogP contribution is -2.03. The summed E-state index contributed by atoms with van der Waals surface area (Å²) in [4.78, 5) is 0. The van der Waals surface area contributed by atoms with E-state index in [-0.39, 0.29) is 5.92 Å². The Morgan fingerprint density at radius 1 is 1.40 bits per heavy atom. The molecule has 0 radical (unpaired) electrons. The summed E-state index contributed by atoms with van der Waals surface area (Å²) in [7, 11) is 0. The maximum atomic E-state index is 8.50. The summed E-state index contributed by atoms with van der Waals surface area (Å²) >= 11 is 0. The first-order valence-electron chi connectivity index (χ1n) is 4.60. The van der Waals surface area contributed by atoms with Crippen LogP contribution in [0.3, 0.4) is 0 Å². The van der Waals surface area contributed by atoms with Gasteiger partial charge in [-0.1, -0.05) is 30.3 Å². The fourth-order valence-electron chi connectivity index (χ4n) is 0.965. The quantitative estimate of drug-likeness (QED) is 0.738. The Hall–Kier alpha value is -1.41. The molecule has 1 unspecified atom stereocenters. The second-order valence-corrected chi connectivity index (χ2v) is 3.03. The van der Waals surface area contributed by atoms with Crippen molar-refractivity contribution in [3.8, 4) is 6.07 Å². The van der Waals surface area contributed by atoms with E-state index in [1.165, 1.54) is 0 Å². The van der Waals surface area contributed by atoms with Gasteiger partial charge in [0.25, 0.3) is 0 Å². The summed E-state index contributed by atoms with van der Waals surface area (Å²) in [5.41, 5.74) is 1.15. The molecule has 0 aromatic heterocycles. The highest BCUT2D eigenvalue weighted by Crippen LogP contribution is 2.02. The third-order valence-corrected chi connectivity index (χ3v) is 1.70. The molecule has 0 aliphatic carbocycles. The van der Waals surface area contributed by atoms with E-state index in [9.17, 15) is 0 Å². The second kappa shape index (κ2) is 9.16. The number of nitrogens with two attached hydrogens (primary N) is 1. The van der Waals surface area contributed by atoms with Gasteiger partial charge in [-0.25, -0.2) is 5.90 Å². The van der Waals surface area contributed by atoms with Gasteiger partial charge < -0.3 is 9.94 Å². The van der Waals surface area contributed by atoms with Crippen molar-refractivity contribution < 1.29 is 9.94 Å². The third-order valence-electron chi connectivity index (χ3n) is 1.70. The minimum atomic E-state index is -0.0243. The number of hydrogen-bond donors (Lipinski definition) is 2. The van der Waals surface area contributed by atoms with Crippen LogP contribution in [0.25, 0.3) is 0 Å². The average molecular weight is 208 g/mol. The molecule has 0 fully saturated rings. The Morgan fingerprint density at radius 2 is 2.00 bits per heavy atom. The lowest BCUT2D eigenvalue weighted by Gasteiger charge is -2.04. The fourth-order valence-corrected chi connectivity index (χ4v) is 0.965. The molecular formula is C11H16N2O2. The van der Waals surface area contributed by atoms with Crippen molar-refractivity contribution in [2.24, 2.45) is 11.8 Å². The highest BCUT2D eigenvalue weighted by Gasteiger charge is 1.98. The van der Waals surface area contributed by atoms with Crippen LogP contribution in [0.2, 0.25) is 0 Å². The molecule has 3 N–H and O–H groups in total. The Bertz CT molecular complexity index is 282. The SMILES string of the molecule is CC(C#N)COCc1ccccc1.NO. The first kappa shape index (κ1) is 13.6. The van der Waals surface area contributed by atoms with Crippen LogP contribution in [0.15, 0.2) is 30.3 Å². The Morgan fingerprint density at radius 3 is 2.53 bits per heavy atom. The number of ether oxygens (including phenoxy) is 1. The van der Waals surface area contributed by atoms with Gasteiger partial charge in [0.15, 0.2) is 0 Å². The lowest BCUT2D eigenvalue weighted by molar-refractivity contribution is 0.105. The summed E-state index contributed by atoms with van der Waals surface area (Å²) in [6.45, 7) is 2.95. The van der Waals surface area contributed by atoms with Gasteiger partial charge in [0.1, 0.15) is 0 Å². The average Bonchev–Trinajstić information content (AvgIpc) is 2.33. The second-order valence-electron chi connectivity index (χ2n) is 3.03. The minimum Gasteiger partial charge on any atom is -0.375 e. The van der Waals surface area contributed by atoms with Gasteiger partial charge in [-0.05, 0) is 12.5 Å². The smallest absolute Gasteiger partial charge is 0.0717 e. The van der Waals surface area contributed by atoms with E-state index in [0.29, 0.717) is 13.2 Å². The Kier molecular flexibility index (Phi) is 8.30. The Balaban J connectivity index is 0.000000921. The molecule has 0 aliphatic rings. The Labute approximate surface area is 89.9 Å². The minimum absolute atomic E-state index is 0.0243. The zero-order valence-electron chi connectivity index (χ0n) is 8.76. The van der Waals surface area contributed by atoms with Gasteiger partial charge in [-0.2, -0.15) is 5.26 Å². The summed E-state index contributed by atoms with van der Waals surface area (Å²) in [6.07, 6.45) is 0. The van der Waals surface area contributed by atoms with E-state index in [1.807, 2.05) is 37.3 Å². The zero-order valence-corrected chi connectivity index (χ0v) is 8.76. The molecule has 0 saturated carbocycles. The van der Waals surface area contributed by atoms with Crippen LogP contribution >= 0.6 is 0 Å². The predicted octanol–water partition coefficient (Wildman–Crippen LogP) is 1.70. The summed E-state index contributed by atoms with van der Waals surface area (Å²) < 4.78 is 5.35. The van der Waals surface area contributed by atoms with E-state index < -0.39 is 0 Å². The molecule has 0 amide bonds. The standard InChI is InChI=1S/C11H13NO.H3NO/c1-10(7-12)8-13-9-11-5-3-2-4-6-11;1-2/h2-6,10H,8-9H2,1H3;2H,1H2. The topological polar surface area (TPSA) is 79.3 Å². The van der Waals surface area contributed by atoms with Gasteiger partial charge >= 0.3 is 0 Å². The van der Waals surface area contributed by atoms with E-state index in [0.717, 1.165) is 5.56 Å². The van der Waals surface area contributed by atoms with Crippen LogP contribution in [-0.2, 0) is 11.3 Å². The van der Waals surface area contributed by atoms with Crippen molar-refractivity contribution in [1.29, 1.82) is 5.26 Å². The lowest BCUT2D eigenvalue weighted by atomic mass is 10.2. The van der Waals surface area contributed by atoms with Gasteiger partial charge in [-0.3, -0.25) is 0 Å².